The lowest BCUT2D eigenvalue weighted by Gasteiger charge is -2.22. The Morgan fingerprint density at radius 3 is 2.29 bits per heavy atom. The summed E-state index contributed by atoms with van der Waals surface area (Å²) in [5, 5.41) is 4.14. The fourth-order valence-corrected chi connectivity index (χ4v) is 1.93. The Hall–Kier alpha value is -0.530. The van der Waals surface area contributed by atoms with Crippen LogP contribution in [-0.4, -0.2) is 13.1 Å². The Bertz CT molecular complexity index is 264. The van der Waals surface area contributed by atoms with E-state index in [0.29, 0.717) is 12.0 Å². The molecule has 1 aromatic rings. The highest BCUT2D eigenvalue weighted by atomic mass is 35.5. The Kier molecular flexibility index (Phi) is 4.43. The van der Waals surface area contributed by atoms with Gasteiger partial charge in [-0.25, -0.2) is 0 Å². The number of nitrogens with one attached hydrogen (secondary N) is 1. The molecule has 0 saturated carbocycles. The molecule has 0 aromatic heterocycles. The summed E-state index contributed by atoms with van der Waals surface area (Å²) in [6.07, 6.45) is 1.14. The molecule has 1 rings (SSSR count). The SMILES string of the molecule is CCC(NC)C(C)c1ccc(Cl)cc1. The van der Waals surface area contributed by atoms with Gasteiger partial charge in [-0.05, 0) is 37.1 Å². The summed E-state index contributed by atoms with van der Waals surface area (Å²) in [6, 6.07) is 8.65. The van der Waals surface area contributed by atoms with Gasteiger partial charge in [0.05, 0.1) is 0 Å². The van der Waals surface area contributed by atoms with Crippen LogP contribution in [-0.2, 0) is 0 Å². The van der Waals surface area contributed by atoms with E-state index in [0.717, 1.165) is 11.4 Å². The fourth-order valence-electron chi connectivity index (χ4n) is 1.81. The standard InChI is InChI=1S/C12H18ClN/c1-4-12(14-3)9(2)10-5-7-11(13)8-6-10/h5-9,12,14H,4H2,1-3H3. The van der Waals surface area contributed by atoms with E-state index in [1.165, 1.54) is 5.56 Å². The summed E-state index contributed by atoms with van der Waals surface area (Å²) in [7, 11) is 2.01. The van der Waals surface area contributed by atoms with Crippen molar-refractivity contribution in [3.05, 3.63) is 34.9 Å². The van der Waals surface area contributed by atoms with Crippen molar-refractivity contribution < 1.29 is 0 Å². The lowest BCUT2D eigenvalue weighted by atomic mass is 9.92. The molecule has 0 spiro atoms. The number of halogens is 1. The summed E-state index contributed by atoms with van der Waals surface area (Å²) in [6.45, 7) is 4.45. The highest BCUT2D eigenvalue weighted by Gasteiger charge is 2.14. The van der Waals surface area contributed by atoms with Crippen molar-refractivity contribution in [3.63, 3.8) is 0 Å². The number of hydrogen-bond acceptors (Lipinski definition) is 1. The Labute approximate surface area is 91.5 Å². The molecule has 0 fully saturated rings. The third-order valence-electron chi connectivity index (χ3n) is 2.81. The molecule has 0 aliphatic carbocycles. The molecular formula is C12H18ClN. The van der Waals surface area contributed by atoms with Crippen LogP contribution in [0.1, 0.15) is 31.7 Å². The molecule has 1 aromatic carbocycles. The van der Waals surface area contributed by atoms with E-state index < -0.39 is 0 Å². The minimum absolute atomic E-state index is 0.530. The lowest BCUT2D eigenvalue weighted by Crippen LogP contribution is -2.29. The van der Waals surface area contributed by atoms with Crippen LogP contribution in [0, 0.1) is 0 Å². The van der Waals surface area contributed by atoms with E-state index in [4.69, 9.17) is 11.6 Å². The maximum absolute atomic E-state index is 5.85. The third-order valence-corrected chi connectivity index (χ3v) is 3.06. The summed E-state index contributed by atoms with van der Waals surface area (Å²) in [4.78, 5) is 0. The molecule has 1 N–H and O–H groups in total. The van der Waals surface area contributed by atoms with Gasteiger partial charge in [0.1, 0.15) is 0 Å². The molecule has 0 radical (unpaired) electrons. The Balaban J connectivity index is 2.77. The summed E-state index contributed by atoms with van der Waals surface area (Å²) >= 11 is 5.85. The second kappa shape index (κ2) is 5.38. The maximum Gasteiger partial charge on any atom is 0.0406 e. The first kappa shape index (κ1) is 11.5. The highest BCUT2D eigenvalue weighted by Crippen LogP contribution is 2.22. The van der Waals surface area contributed by atoms with E-state index in [9.17, 15) is 0 Å². The molecule has 14 heavy (non-hydrogen) atoms. The van der Waals surface area contributed by atoms with Crippen LogP contribution in [0.15, 0.2) is 24.3 Å². The fraction of sp³-hybridized carbons (Fsp3) is 0.500. The second-order valence-corrected chi connectivity index (χ2v) is 4.08. The van der Waals surface area contributed by atoms with Gasteiger partial charge in [-0.15, -0.1) is 0 Å². The molecular weight excluding hydrogens is 194 g/mol. The van der Waals surface area contributed by atoms with Crippen molar-refractivity contribution >= 4 is 11.6 Å². The number of benzene rings is 1. The van der Waals surface area contributed by atoms with Crippen LogP contribution in [0.4, 0.5) is 0 Å². The molecule has 0 amide bonds. The van der Waals surface area contributed by atoms with E-state index in [1.54, 1.807) is 0 Å². The largest absolute Gasteiger partial charge is 0.316 e. The Morgan fingerprint density at radius 1 is 1.29 bits per heavy atom. The summed E-state index contributed by atoms with van der Waals surface area (Å²) < 4.78 is 0. The van der Waals surface area contributed by atoms with Crippen molar-refractivity contribution in [1.29, 1.82) is 0 Å². The van der Waals surface area contributed by atoms with E-state index in [1.807, 2.05) is 19.2 Å². The molecule has 78 valence electrons. The zero-order chi connectivity index (χ0) is 10.6. The van der Waals surface area contributed by atoms with Gasteiger partial charge in [-0.1, -0.05) is 37.6 Å². The Morgan fingerprint density at radius 2 is 1.86 bits per heavy atom. The highest BCUT2D eigenvalue weighted by molar-refractivity contribution is 6.30. The zero-order valence-electron chi connectivity index (χ0n) is 9.05. The molecule has 0 saturated heterocycles. The van der Waals surface area contributed by atoms with E-state index >= 15 is 0 Å². The monoisotopic (exact) mass is 211 g/mol. The van der Waals surface area contributed by atoms with Gasteiger partial charge < -0.3 is 5.32 Å². The molecule has 1 nitrogen and oxygen atoms in total. The number of rotatable bonds is 4. The summed E-state index contributed by atoms with van der Waals surface area (Å²) in [5.74, 6) is 0.530. The maximum atomic E-state index is 5.85. The van der Waals surface area contributed by atoms with Gasteiger partial charge in [0, 0.05) is 11.1 Å². The molecule has 0 heterocycles. The first-order valence-electron chi connectivity index (χ1n) is 5.11. The molecule has 2 atom stereocenters. The van der Waals surface area contributed by atoms with Crippen LogP contribution >= 0.6 is 11.6 Å². The smallest absolute Gasteiger partial charge is 0.0406 e. The third kappa shape index (κ3) is 2.73. The molecule has 0 aliphatic heterocycles. The first-order valence-corrected chi connectivity index (χ1v) is 5.49. The van der Waals surface area contributed by atoms with Crippen molar-refractivity contribution in [2.75, 3.05) is 7.05 Å². The van der Waals surface area contributed by atoms with Crippen molar-refractivity contribution in [3.8, 4) is 0 Å². The van der Waals surface area contributed by atoms with Gasteiger partial charge in [0.2, 0.25) is 0 Å². The van der Waals surface area contributed by atoms with Gasteiger partial charge in [-0.2, -0.15) is 0 Å². The van der Waals surface area contributed by atoms with Gasteiger partial charge in [-0.3, -0.25) is 0 Å². The number of hydrogen-bond donors (Lipinski definition) is 1. The minimum Gasteiger partial charge on any atom is -0.316 e. The van der Waals surface area contributed by atoms with Gasteiger partial charge >= 0.3 is 0 Å². The second-order valence-electron chi connectivity index (χ2n) is 3.64. The normalized spacial score (nSPS) is 15.1. The van der Waals surface area contributed by atoms with Crippen molar-refractivity contribution in [2.45, 2.75) is 32.2 Å². The van der Waals surface area contributed by atoms with Crippen molar-refractivity contribution in [2.24, 2.45) is 0 Å². The molecule has 0 aliphatic rings. The van der Waals surface area contributed by atoms with Crippen LogP contribution in [0.5, 0.6) is 0 Å². The van der Waals surface area contributed by atoms with Crippen molar-refractivity contribution in [1.82, 2.24) is 5.32 Å². The topological polar surface area (TPSA) is 12.0 Å². The van der Waals surface area contributed by atoms with E-state index in [-0.39, 0.29) is 0 Å². The lowest BCUT2D eigenvalue weighted by molar-refractivity contribution is 0.473. The van der Waals surface area contributed by atoms with Gasteiger partial charge in [0.15, 0.2) is 0 Å². The molecule has 2 heteroatoms. The van der Waals surface area contributed by atoms with Gasteiger partial charge in [0.25, 0.3) is 0 Å². The molecule has 0 bridgehead atoms. The first-order chi connectivity index (χ1) is 6.69. The zero-order valence-corrected chi connectivity index (χ0v) is 9.81. The van der Waals surface area contributed by atoms with E-state index in [2.05, 4.69) is 31.3 Å². The average Bonchev–Trinajstić information content (AvgIpc) is 2.20. The van der Waals surface area contributed by atoms with Crippen LogP contribution in [0.3, 0.4) is 0 Å². The summed E-state index contributed by atoms with van der Waals surface area (Å²) in [5.41, 5.74) is 1.34. The van der Waals surface area contributed by atoms with Crippen LogP contribution in [0.25, 0.3) is 0 Å². The average molecular weight is 212 g/mol. The molecule has 2 unspecified atom stereocenters. The number of likely N-dealkylation sites (N-methyl/N-ethyl adjacent to an activating group) is 1. The minimum atomic E-state index is 0.530. The predicted octanol–water partition coefficient (Wildman–Crippen LogP) is 3.44. The quantitative estimate of drug-likeness (QED) is 0.805. The predicted molar refractivity (Wildman–Crippen MR) is 63.0 cm³/mol. The van der Waals surface area contributed by atoms with Crippen LogP contribution < -0.4 is 5.32 Å². The van der Waals surface area contributed by atoms with Crippen LogP contribution in [0.2, 0.25) is 5.02 Å².